The minimum atomic E-state index is -0.269. The van der Waals surface area contributed by atoms with E-state index in [9.17, 15) is 9.59 Å². The van der Waals surface area contributed by atoms with Crippen LogP contribution in [0.5, 0.6) is 0 Å². The largest absolute Gasteiger partial charge is 0.322 e. The van der Waals surface area contributed by atoms with Crippen molar-refractivity contribution in [1.82, 2.24) is 0 Å². The van der Waals surface area contributed by atoms with Crippen LogP contribution in [0.3, 0.4) is 0 Å². The maximum absolute atomic E-state index is 12.7. The van der Waals surface area contributed by atoms with Gasteiger partial charge in [0.15, 0.2) is 0 Å². The van der Waals surface area contributed by atoms with Crippen LogP contribution in [0.4, 0.5) is 11.4 Å². The molecule has 130 valence electrons. The Morgan fingerprint density at radius 2 is 1.42 bits per heavy atom. The van der Waals surface area contributed by atoms with Crippen molar-refractivity contribution < 1.29 is 9.59 Å². The lowest BCUT2D eigenvalue weighted by Gasteiger charge is -2.12. The number of hydrogen-bond acceptors (Lipinski definition) is 2. The van der Waals surface area contributed by atoms with E-state index in [1.807, 2.05) is 49.4 Å². The molecule has 3 rings (SSSR count). The molecule has 2 amide bonds. The van der Waals surface area contributed by atoms with Gasteiger partial charge in [-0.3, -0.25) is 9.59 Å². The molecule has 5 heteroatoms. The molecule has 0 saturated heterocycles. The van der Waals surface area contributed by atoms with Gasteiger partial charge in [0.1, 0.15) is 0 Å². The molecular formula is C21H17IN2O2. The van der Waals surface area contributed by atoms with Crippen LogP contribution >= 0.6 is 22.6 Å². The highest BCUT2D eigenvalue weighted by molar-refractivity contribution is 14.1. The summed E-state index contributed by atoms with van der Waals surface area (Å²) in [6.07, 6.45) is 0. The third-order valence-electron chi connectivity index (χ3n) is 3.81. The molecule has 0 spiro atoms. The van der Waals surface area contributed by atoms with E-state index in [4.69, 9.17) is 0 Å². The summed E-state index contributed by atoms with van der Waals surface area (Å²) in [7, 11) is 0. The van der Waals surface area contributed by atoms with Crippen LogP contribution in [0.2, 0.25) is 0 Å². The van der Waals surface area contributed by atoms with Crippen molar-refractivity contribution in [2.75, 3.05) is 10.6 Å². The number of benzene rings is 3. The Bertz CT molecular complexity index is 969. The lowest BCUT2D eigenvalue weighted by Crippen LogP contribution is -2.18. The van der Waals surface area contributed by atoms with Crippen molar-refractivity contribution in [2.45, 2.75) is 6.92 Å². The van der Waals surface area contributed by atoms with E-state index in [0.717, 1.165) is 9.13 Å². The van der Waals surface area contributed by atoms with E-state index in [1.54, 1.807) is 30.3 Å². The maximum Gasteiger partial charge on any atom is 0.257 e. The van der Waals surface area contributed by atoms with Gasteiger partial charge in [-0.1, -0.05) is 36.4 Å². The molecule has 0 aliphatic rings. The molecule has 2 N–H and O–H groups in total. The summed E-state index contributed by atoms with van der Waals surface area (Å²) in [5, 5.41) is 5.71. The second kappa shape index (κ2) is 8.14. The van der Waals surface area contributed by atoms with Gasteiger partial charge in [0.05, 0.1) is 16.8 Å². The number of nitrogens with one attached hydrogen (secondary N) is 2. The van der Waals surface area contributed by atoms with Crippen LogP contribution in [0.15, 0.2) is 72.8 Å². The topological polar surface area (TPSA) is 58.2 Å². The first-order chi connectivity index (χ1) is 12.5. The number of para-hydroxylation sites is 1. The first-order valence-electron chi connectivity index (χ1n) is 8.07. The second-order valence-corrected chi connectivity index (χ2v) is 6.97. The fourth-order valence-electron chi connectivity index (χ4n) is 2.55. The summed E-state index contributed by atoms with van der Waals surface area (Å²) in [5.41, 5.74) is 3.23. The monoisotopic (exact) mass is 456 g/mol. The molecule has 0 heterocycles. The molecule has 26 heavy (non-hydrogen) atoms. The minimum absolute atomic E-state index is 0.245. The number of carbonyl (C=O) groups is 2. The van der Waals surface area contributed by atoms with Crippen molar-refractivity contribution >= 4 is 45.8 Å². The highest BCUT2D eigenvalue weighted by Crippen LogP contribution is 2.20. The molecular weight excluding hydrogens is 439 g/mol. The molecule has 0 radical (unpaired) electrons. The van der Waals surface area contributed by atoms with Gasteiger partial charge in [-0.15, -0.1) is 0 Å². The molecule has 0 aliphatic carbocycles. The Hall–Kier alpha value is -2.67. The van der Waals surface area contributed by atoms with Crippen LogP contribution in [0.1, 0.15) is 26.3 Å². The van der Waals surface area contributed by atoms with Gasteiger partial charge in [0.25, 0.3) is 11.8 Å². The van der Waals surface area contributed by atoms with Crippen molar-refractivity contribution in [3.05, 3.63) is 93.1 Å². The van der Waals surface area contributed by atoms with Crippen LogP contribution in [0.25, 0.3) is 0 Å². The lowest BCUT2D eigenvalue weighted by molar-refractivity contribution is 0.102. The van der Waals surface area contributed by atoms with Crippen molar-refractivity contribution in [3.63, 3.8) is 0 Å². The van der Waals surface area contributed by atoms with Gasteiger partial charge < -0.3 is 10.6 Å². The van der Waals surface area contributed by atoms with Crippen LogP contribution in [-0.4, -0.2) is 11.8 Å². The zero-order valence-electron chi connectivity index (χ0n) is 14.1. The summed E-state index contributed by atoms with van der Waals surface area (Å²) in [6.45, 7) is 1.96. The number of amides is 2. The first-order valence-corrected chi connectivity index (χ1v) is 9.15. The van der Waals surface area contributed by atoms with E-state index in [2.05, 4.69) is 33.2 Å². The zero-order valence-corrected chi connectivity index (χ0v) is 16.3. The molecule has 0 unspecified atom stereocenters. The van der Waals surface area contributed by atoms with Crippen LogP contribution in [0, 0.1) is 10.5 Å². The van der Waals surface area contributed by atoms with Crippen molar-refractivity contribution in [2.24, 2.45) is 0 Å². The average Bonchev–Trinajstić information content (AvgIpc) is 2.62. The normalized spacial score (nSPS) is 10.2. The SMILES string of the molecule is Cc1cccc(NC(=O)c2ccccc2NC(=O)c2ccccc2I)c1. The van der Waals surface area contributed by atoms with Gasteiger partial charge in [-0.2, -0.15) is 0 Å². The van der Waals surface area contributed by atoms with Gasteiger partial charge in [-0.05, 0) is 71.5 Å². The van der Waals surface area contributed by atoms with Gasteiger partial charge in [0, 0.05) is 9.26 Å². The molecule has 0 bridgehead atoms. The van der Waals surface area contributed by atoms with E-state index in [1.165, 1.54) is 0 Å². The van der Waals surface area contributed by atoms with Crippen LogP contribution < -0.4 is 10.6 Å². The van der Waals surface area contributed by atoms with Gasteiger partial charge in [-0.25, -0.2) is 0 Å². The second-order valence-electron chi connectivity index (χ2n) is 5.80. The Kier molecular flexibility index (Phi) is 5.68. The molecule has 0 atom stereocenters. The highest BCUT2D eigenvalue weighted by Gasteiger charge is 2.15. The average molecular weight is 456 g/mol. The number of rotatable bonds is 4. The molecule has 3 aromatic rings. The quantitative estimate of drug-likeness (QED) is 0.537. The maximum atomic E-state index is 12.7. The number of halogens is 1. The fourth-order valence-corrected chi connectivity index (χ4v) is 3.18. The Morgan fingerprint density at radius 3 is 2.15 bits per heavy atom. The zero-order chi connectivity index (χ0) is 18.5. The Balaban J connectivity index is 1.83. The summed E-state index contributed by atoms with van der Waals surface area (Å²) in [6, 6.07) is 21.9. The lowest BCUT2D eigenvalue weighted by atomic mass is 10.1. The van der Waals surface area contributed by atoms with Gasteiger partial charge in [0.2, 0.25) is 0 Å². The number of hydrogen-bond donors (Lipinski definition) is 2. The van der Waals surface area contributed by atoms with Crippen LogP contribution in [-0.2, 0) is 0 Å². The fraction of sp³-hybridized carbons (Fsp3) is 0.0476. The molecule has 0 saturated carbocycles. The van der Waals surface area contributed by atoms with E-state index in [-0.39, 0.29) is 11.8 Å². The predicted octanol–water partition coefficient (Wildman–Crippen LogP) is 5.10. The summed E-state index contributed by atoms with van der Waals surface area (Å²) in [4.78, 5) is 25.2. The summed E-state index contributed by atoms with van der Waals surface area (Å²) < 4.78 is 0.851. The third kappa shape index (κ3) is 4.29. The molecule has 0 aromatic heterocycles. The standard InChI is InChI=1S/C21H17IN2O2/c1-14-7-6-8-15(13-14)23-21(26)17-10-3-5-12-19(17)24-20(25)16-9-2-4-11-18(16)22/h2-13H,1H3,(H,23,26)(H,24,25). The number of carbonyl (C=O) groups excluding carboxylic acids is 2. The molecule has 0 aliphatic heterocycles. The minimum Gasteiger partial charge on any atom is -0.322 e. The highest BCUT2D eigenvalue weighted by atomic mass is 127. The molecule has 0 fully saturated rings. The molecule has 4 nitrogen and oxygen atoms in total. The summed E-state index contributed by atoms with van der Waals surface area (Å²) in [5.74, 6) is -0.514. The molecule has 3 aromatic carbocycles. The Labute approximate surface area is 165 Å². The Morgan fingerprint density at radius 1 is 0.769 bits per heavy atom. The first kappa shape index (κ1) is 18.1. The van der Waals surface area contributed by atoms with Crippen molar-refractivity contribution in [1.29, 1.82) is 0 Å². The van der Waals surface area contributed by atoms with E-state index < -0.39 is 0 Å². The van der Waals surface area contributed by atoms with E-state index >= 15 is 0 Å². The van der Waals surface area contributed by atoms with Crippen molar-refractivity contribution in [3.8, 4) is 0 Å². The number of aryl methyl sites for hydroxylation is 1. The van der Waals surface area contributed by atoms with Gasteiger partial charge >= 0.3 is 0 Å². The summed E-state index contributed by atoms with van der Waals surface area (Å²) >= 11 is 2.12. The predicted molar refractivity (Wildman–Crippen MR) is 113 cm³/mol. The number of anilines is 2. The smallest absolute Gasteiger partial charge is 0.257 e. The van der Waals surface area contributed by atoms with E-state index in [0.29, 0.717) is 22.5 Å². The third-order valence-corrected chi connectivity index (χ3v) is 4.75.